The summed E-state index contributed by atoms with van der Waals surface area (Å²) >= 11 is 0. The summed E-state index contributed by atoms with van der Waals surface area (Å²) in [5.41, 5.74) is 3.91. The number of rotatable bonds is 5. The summed E-state index contributed by atoms with van der Waals surface area (Å²) in [6, 6.07) is 10.3. The molecule has 0 bridgehead atoms. The Morgan fingerprint density at radius 3 is 2.82 bits per heavy atom. The highest BCUT2D eigenvalue weighted by Crippen LogP contribution is 2.25. The summed E-state index contributed by atoms with van der Waals surface area (Å²) in [6.07, 6.45) is 3.71. The molecule has 0 radical (unpaired) electrons. The van der Waals surface area contributed by atoms with E-state index in [2.05, 4.69) is 49.2 Å². The van der Waals surface area contributed by atoms with Gasteiger partial charge in [0.2, 0.25) is 0 Å². The Morgan fingerprint density at radius 1 is 1.07 bits per heavy atom. The number of piperazine rings is 1. The number of fused-ring (bicyclic) bond motifs is 2. The van der Waals surface area contributed by atoms with E-state index in [4.69, 9.17) is 9.84 Å². The topological polar surface area (TPSA) is 74.6 Å². The van der Waals surface area contributed by atoms with Crippen LogP contribution in [0.2, 0.25) is 0 Å². The Morgan fingerprint density at radius 2 is 1.96 bits per heavy atom. The third-order valence-corrected chi connectivity index (χ3v) is 5.39. The molecule has 5 rings (SSSR count). The average Bonchev–Trinajstić information content (AvgIpc) is 3.38. The molecule has 144 valence electrons. The fourth-order valence-electron chi connectivity index (χ4n) is 3.75. The first-order valence-electron chi connectivity index (χ1n) is 9.56. The van der Waals surface area contributed by atoms with Crippen molar-refractivity contribution in [1.82, 2.24) is 29.7 Å². The zero-order chi connectivity index (χ0) is 18.9. The molecule has 0 aliphatic carbocycles. The summed E-state index contributed by atoms with van der Waals surface area (Å²) in [7, 11) is 1.75. The molecule has 28 heavy (non-hydrogen) atoms. The zero-order valence-electron chi connectivity index (χ0n) is 15.9. The van der Waals surface area contributed by atoms with Crippen LogP contribution in [0.1, 0.15) is 0 Å². The molecular weight excluding hydrogens is 354 g/mol. The van der Waals surface area contributed by atoms with Crippen LogP contribution in [0, 0.1) is 0 Å². The molecule has 0 amide bonds. The third kappa shape index (κ3) is 3.10. The van der Waals surface area contributed by atoms with Crippen molar-refractivity contribution in [3.8, 4) is 11.3 Å². The highest BCUT2D eigenvalue weighted by atomic mass is 16.5. The molecule has 1 aliphatic rings. The van der Waals surface area contributed by atoms with E-state index in [9.17, 15) is 0 Å². The minimum Gasteiger partial charge on any atom is -0.383 e. The molecule has 8 heteroatoms. The maximum Gasteiger partial charge on any atom is 0.154 e. The van der Waals surface area contributed by atoms with Crippen LogP contribution < -0.4 is 4.90 Å². The van der Waals surface area contributed by atoms with Gasteiger partial charge in [-0.1, -0.05) is 12.1 Å². The number of aromatic amines is 1. The van der Waals surface area contributed by atoms with Crippen LogP contribution in [-0.4, -0.2) is 76.1 Å². The number of anilines is 1. The highest BCUT2D eigenvalue weighted by molar-refractivity contribution is 5.83. The van der Waals surface area contributed by atoms with Gasteiger partial charge in [-0.05, 0) is 18.2 Å². The summed E-state index contributed by atoms with van der Waals surface area (Å²) in [5, 5.41) is 13.1. The van der Waals surface area contributed by atoms with Gasteiger partial charge in [-0.25, -0.2) is 9.50 Å². The molecule has 1 aromatic carbocycles. The fourth-order valence-corrected chi connectivity index (χ4v) is 3.75. The molecule has 1 aliphatic heterocycles. The molecule has 1 saturated heterocycles. The first-order valence-corrected chi connectivity index (χ1v) is 9.56. The number of hydrogen-bond acceptors (Lipinski definition) is 6. The van der Waals surface area contributed by atoms with Gasteiger partial charge in [0.1, 0.15) is 5.82 Å². The minimum absolute atomic E-state index is 0.781. The maximum absolute atomic E-state index is 5.19. The lowest BCUT2D eigenvalue weighted by atomic mass is 10.1. The monoisotopic (exact) mass is 377 g/mol. The Bertz CT molecular complexity index is 1090. The predicted molar refractivity (Wildman–Crippen MR) is 109 cm³/mol. The molecule has 1 N–H and O–H groups in total. The summed E-state index contributed by atoms with van der Waals surface area (Å²) < 4.78 is 7.12. The van der Waals surface area contributed by atoms with Crippen molar-refractivity contribution in [3.63, 3.8) is 0 Å². The van der Waals surface area contributed by atoms with Crippen LogP contribution in [0.25, 0.3) is 27.8 Å². The Balaban J connectivity index is 1.42. The van der Waals surface area contributed by atoms with Crippen molar-refractivity contribution >= 4 is 22.4 Å². The van der Waals surface area contributed by atoms with E-state index in [1.165, 1.54) is 0 Å². The van der Waals surface area contributed by atoms with Crippen LogP contribution in [0.4, 0.5) is 5.82 Å². The first-order chi connectivity index (χ1) is 13.8. The van der Waals surface area contributed by atoms with Gasteiger partial charge in [-0.3, -0.25) is 10.00 Å². The lowest BCUT2D eigenvalue weighted by Crippen LogP contribution is -2.47. The minimum atomic E-state index is 0.781. The van der Waals surface area contributed by atoms with Crippen molar-refractivity contribution in [2.45, 2.75) is 0 Å². The number of methoxy groups -OCH3 is 1. The summed E-state index contributed by atoms with van der Waals surface area (Å²) in [6.45, 7) is 5.74. The van der Waals surface area contributed by atoms with Gasteiger partial charge in [0.05, 0.1) is 30.2 Å². The predicted octanol–water partition coefficient (Wildman–Crippen LogP) is 2.04. The second-order valence-electron chi connectivity index (χ2n) is 7.10. The highest BCUT2D eigenvalue weighted by Gasteiger charge is 2.19. The van der Waals surface area contributed by atoms with Crippen LogP contribution >= 0.6 is 0 Å². The summed E-state index contributed by atoms with van der Waals surface area (Å²) in [4.78, 5) is 9.30. The van der Waals surface area contributed by atoms with E-state index >= 15 is 0 Å². The van der Waals surface area contributed by atoms with E-state index in [1.54, 1.807) is 7.11 Å². The van der Waals surface area contributed by atoms with Gasteiger partial charge in [-0.2, -0.15) is 5.10 Å². The van der Waals surface area contributed by atoms with Gasteiger partial charge in [0.25, 0.3) is 0 Å². The number of H-pyrrole nitrogens is 1. The summed E-state index contributed by atoms with van der Waals surface area (Å²) in [5.74, 6) is 0.987. The van der Waals surface area contributed by atoms with Gasteiger partial charge >= 0.3 is 0 Å². The van der Waals surface area contributed by atoms with Crippen molar-refractivity contribution in [3.05, 3.63) is 42.7 Å². The van der Waals surface area contributed by atoms with Crippen molar-refractivity contribution < 1.29 is 4.74 Å². The van der Waals surface area contributed by atoms with Crippen LogP contribution in [0.15, 0.2) is 42.7 Å². The van der Waals surface area contributed by atoms with Crippen molar-refractivity contribution in [1.29, 1.82) is 0 Å². The molecular formula is C20H23N7O. The fraction of sp³-hybridized carbons (Fsp3) is 0.350. The third-order valence-electron chi connectivity index (χ3n) is 5.39. The van der Waals surface area contributed by atoms with E-state index < -0.39 is 0 Å². The first kappa shape index (κ1) is 17.2. The van der Waals surface area contributed by atoms with Gasteiger partial charge in [0.15, 0.2) is 5.65 Å². The molecule has 8 nitrogen and oxygen atoms in total. The second kappa shape index (κ2) is 7.21. The lowest BCUT2D eigenvalue weighted by Gasteiger charge is -2.35. The number of ether oxygens (including phenoxy) is 1. The molecule has 1 fully saturated rings. The molecule has 0 atom stereocenters. The van der Waals surface area contributed by atoms with Gasteiger partial charge in [0, 0.05) is 50.8 Å². The Hall–Kier alpha value is -2.97. The largest absolute Gasteiger partial charge is 0.383 e. The van der Waals surface area contributed by atoms with E-state index in [0.717, 1.165) is 73.0 Å². The molecule has 3 aromatic heterocycles. The number of imidazole rings is 1. The lowest BCUT2D eigenvalue weighted by molar-refractivity contribution is 0.144. The molecule has 4 aromatic rings. The quantitative estimate of drug-likeness (QED) is 0.574. The Kier molecular flexibility index (Phi) is 4.42. The van der Waals surface area contributed by atoms with Crippen LogP contribution in [0.3, 0.4) is 0 Å². The zero-order valence-corrected chi connectivity index (χ0v) is 15.9. The van der Waals surface area contributed by atoms with Crippen molar-refractivity contribution in [2.75, 3.05) is 51.3 Å². The normalized spacial score (nSPS) is 15.7. The van der Waals surface area contributed by atoms with Crippen LogP contribution in [-0.2, 0) is 4.74 Å². The van der Waals surface area contributed by atoms with Gasteiger partial charge in [-0.15, -0.1) is 5.10 Å². The second-order valence-corrected chi connectivity index (χ2v) is 7.10. The van der Waals surface area contributed by atoms with E-state index in [0.29, 0.717) is 0 Å². The number of nitrogens with one attached hydrogen (secondary N) is 1. The smallest absolute Gasteiger partial charge is 0.154 e. The van der Waals surface area contributed by atoms with E-state index in [1.807, 2.05) is 23.0 Å². The average molecular weight is 377 g/mol. The van der Waals surface area contributed by atoms with Crippen LogP contribution in [0.5, 0.6) is 0 Å². The number of hydrogen-bond donors (Lipinski definition) is 1. The van der Waals surface area contributed by atoms with Gasteiger partial charge < -0.3 is 9.64 Å². The number of aromatic nitrogens is 5. The Labute approximate surface area is 162 Å². The molecule has 0 spiro atoms. The van der Waals surface area contributed by atoms with E-state index in [-0.39, 0.29) is 0 Å². The number of benzene rings is 1. The standard InChI is InChI=1S/C20H23N7O/c1-28-11-10-25-6-8-26(9-7-25)20-5-4-19-21-14-18(27(19)24-20)15-2-3-16-13-22-23-17(16)12-15/h2-5,12-14H,6-11H2,1H3,(H,22,23). The SMILES string of the molecule is COCCN1CCN(c2ccc3ncc(-c4ccc5cn[nH]c5c4)n3n2)CC1. The van der Waals surface area contributed by atoms with Crippen molar-refractivity contribution in [2.24, 2.45) is 0 Å². The molecule has 4 heterocycles. The maximum atomic E-state index is 5.19. The molecule has 0 unspecified atom stereocenters. The number of nitrogens with zero attached hydrogens (tertiary/aromatic N) is 6. The molecule has 0 saturated carbocycles.